The molecule has 1 unspecified atom stereocenters. The molecule has 10 heteroatoms. The summed E-state index contributed by atoms with van der Waals surface area (Å²) >= 11 is 6.07. The Morgan fingerprint density at radius 2 is 1.93 bits per heavy atom. The topological polar surface area (TPSA) is 85.0 Å². The number of likely N-dealkylation sites (N-methyl/N-ethyl adjacent to an activating group) is 1. The Hall–Kier alpha value is -2.94. The molecule has 9 nitrogen and oxygen atoms in total. The molecule has 0 aliphatic carbocycles. The number of rotatable bonds is 5. The number of nitrogens with zero attached hydrogens (tertiary/aromatic N) is 8. The van der Waals surface area contributed by atoms with Crippen molar-refractivity contribution in [2.45, 2.75) is 25.9 Å². The first kappa shape index (κ1) is 18.4. The van der Waals surface area contributed by atoms with Crippen molar-refractivity contribution in [3.05, 3.63) is 47.5 Å². The van der Waals surface area contributed by atoms with Crippen LogP contribution in [0, 0.1) is 0 Å². The van der Waals surface area contributed by atoms with Crippen molar-refractivity contribution in [2.24, 2.45) is 0 Å². The molecule has 0 radical (unpaired) electrons. The predicted octanol–water partition coefficient (Wildman–Crippen LogP) is 1.62. The van der Waals surface area contributed by atoms with Crippen molar-refractivity contribution >= 4 is 23.5 Å². The molecule has 1 aromatic carbocycles. The first-order valence-electron chi connectivity index (χ1n) is 9.05. The molecule has 1 amide bonds. The van der Waals surface area contributed by atoms with E-state index in [1.54, 1.807) is 29.0 Å². The average molecular weight is 401 g/mol. The quantitative estimate of drug-likeness (QED) is 0.647. The number of anilines is 1. The molecule has 3 heterocycles. The summed E-state index contributed by atoms with van der Waals surface area (Å²) in [7, 11) is 1.84. The summed E-state index contributed by atoms with van der Waals surface area (Å²) in [5, 5.41) is 17.8. The van der Waals surface area contributed by atoms with Gasteiger partial charge in [-0.3, -0.25) is 9.36 Å². The maximum absolute atomic E-state index is 11.7. The van der Waals surface area contributed by atoms with Crippen LogP contribution in [0.2, 0.25) is 5.02 Å². The van der Waals surface area contributed by atoms with Gasteiger partial charge in [0, 0.05) is 32.1 Å². The zero-order valence-corrected chi connectivity index (χ0v) is 16.5. The Morgan fingerprint density at radius 1 is 1.21 bits per heavy atom. The van der Waals surface area contributed by atoms with Crippen LogP contribution in [-0.2, 0) is 11.3 Å². The lowest BCUT2D eigenvalue weighted by Gasteiger charge is -2.24. The Labute approximate surface area is 167 Å². The molecular formula is C18H21ClN8O. The van der Waals surface area contributed by atoms with Gasteiger partial charge in [-0.1, -0.05) is 11.6 Å². The number of hydrogen-bond acceptors (Lipinski definition) is 6. The molecule has 1 aliphatic rings. The highest BCUT2D eigenvalue weighted by Crippen LogP contribution is 2.26. The molecule has 1 fully saturated rings. The van der Waals surface area contributed by atoms with E-state index in [1.165, 1.54) is 0 Å². The van der Waals surface area contributed by atoms with Gasteiger partial charge in [0.05, 0.1) is 24.1 Å². The number of benzene rings is 1. The lowest BCUT2D eigenvalue weighted by Crippen LogP contribution is -2.38. The number of aromatic nitrogens is 6. The Morgan fingerprint density at radius 3 is 2.61 bits per heavy atom. The summed E-state index contributed by atoms with van der Waals surface area (Å²) in [5.41, 5.74) is 0.912. The van der Waals surface area contributed by atoms with Crippen LogP contribution in [0.15, 0.2) is 36.7 Å². The van der Waals surface area contributed by atoms with E-state index in [-0.39, 0.29) is 11.9 Å². The van der Waals surface area contributed by atoms with Crippen LogP contribution in [0.1, 0.15) is 19.2 Å². The number of amides is 1. The van der Waals surface area contributed by atoms with E-state index in [0.29, 0.717) is 18.1 Å². The highest BCUT2D eigenvalue weighted by Gasteiger charge is 2.31. The zero-order valence-electron chi connectivity index (χ0n) is 15.7. The second-order valence-electron chi connectivity index (χ2n) is 6.81. The zero-order chi connectivity index (χ0) is 19.7. The lowest BCUT2D eigenvalue weighted by atomic mass is 10.2. The summed E-state index contributed by atoms with van der Waals surface area (Å²) in [6, 6.07) is 7.71. The van der Waals surface area contributed by atoms with Crippen molar-refractivity contribution in [2.75, 3.05) is 25.0 Å². The minimum atomic E-state index is 0.0662. The second-order valence-corrected chi connectivity index (χ2v) is 7.24. The number of hydrogen-bond donors (Lipinski definition) is 0. The van der Waals surface area contributed by atoms with E-state index < -0.39 is 0 Å². The maximum Gasteiger partial charge on any atom is 0.232 e. The average Bonchev–Trinajstić information content (AvgIpc) is 3.42. The normalized spacial score (nSPS) is 16.5. The van der Waals surface area contributed by atoms with Crippen LogP contribution < -0.4 is 4.90 Å². The summed E-state index contributed by atoms with van der Waals surface area (Å²) in [6.07, 6.45) is 4.15. The summed E-state index contributed by atoms with van der Waals surface area (Å²) in [4.78, 5) is 17.2. The van der Waals surface area contributed by atoms with Crippen molar-refractivity contribution < 1.29 is 4.79 Å². The maximum atomic E-state index is 11.7. The van der Waals surface area contributed by atoms with Crippen LogP contribution in [0.5, 0.6) is 0 Å². The fourth-order valence-electron chi connectivity index (χ4n) is 3.42. The van der Waals surface area contributed by atoms with Gasteiger partial charge in [0.1, 0.15) is 6.54 Å². The van der Waals surface area contributed by atoms with E-state index in [1.807, 2.05) is 35.9 Å². The highest BCUT2D eigenvalue weighted by atomic mass is 35.5. The Kier molecular flexibility index (Phi) is 4.99. The van der Waals surface area contributed by atoms with Gasteiger partial charge in [0.2, 0.25) is 11.9 Å². The second kappa shape index (κ2) is 7.59. The SMILES string of the molecule is CC(=O)N(C)C1CCN(c2nnc(Cn3nccn3)n2-c2ccc(Cl)cc2)C1. The molecule has 0 N–H and O–H groups in total. The lowest BCUT2D eigenvalue weighted by molar-refractivity contribution is -0.129. The van der Waals surface area contributed by atoms with Crippen LogP contribution in [-0.4, -0.2) is 66.7 Å². The van der Waals surface area contributed by atoms with Crippen molar-refractivity contribution in [1.29, 1.82) is 0 Å². The van der Waals surface area contributed by atoms with E-state index in [9.17, 15) is 4.79 Å². The van der Waals surface area contributed by atoms with Gasteiger partial charge in [-0.15, -0.1) is 10.2 Å². The Bertz CT molecular complexity index is 953. The third-order valence-corrected chi connectivity index (χ3v) is 5.29. The molecule has 0 bridgehead atoms. The molecule has 4 rings (SSSR count). The molecule has 0 saturated carbocycles. The standard InChI is InChI=1S/C18H21ClN8O/c1-13(28)24(2)16-7-10-25(11-16)18-23-22-17(12-26-20-8-9-21-26)27(18)15-5-3-14(19)4-6-15/h3-6,8-9,16H,7,10-12H2,1-2H3. The molecule has 1 atom stereocenters. The largest absolute Gasteiger partial charge is 0.341 e. The smallest absolute Gasteiger partial charge is 0.232 e. The van der Waals surface area contributed by atoms with E-state index in [0.717, 1.165) is 30.4 Å². The Balaban J connectivity index is 1.68. The molecule has 0 spiro atoms. The number of halogens is 1. The minimum Gasteiger partial charge on any atom is -0.341 e. The minimum absolute atomic E-state index is 0.0662. The monoisotopic (exact) mass is 400 g/mol. The van der Waals surface area contributed by atoms with Gasteiger partial charge in [-0.05, 0) is 30.7 Å². The summed E-state index contributed by atoms with van der Waals surface area (Å²) in [6.45, 7) is 3.50. The van der Waals surface area contributed by atoms with E-state index in [4.69, 9.17) is 11.6 Å². The summed E-state index contributed by atoms with van der Waals surface area (Å²) < 4.78 is 2.00. The molecule has 146 valence electrons. The van der Waals surface area contributed by atoms with Gasteiger partial charge in [-0.25, -0.2) is 0 Å². The van der Waals surface area contributed by atoms with Gasteiger partial charge in [0.15, 0.2) is 5.82 Å². The molecule has 1 aliphatic heterocycles. The van der Waals surface area contributed by atoms with Gasteiger partial charge in [0.25, 0.3) is 0 Å². The molecule has 2 aromatic heterocycles. The first-order chi connectivity index (χ1) is 13.5. The van der Waals surface area contributed by atoms with Crippen molar-refractivity contribution in [3.8, 4) is 5.69 Å². The molecule has 3 aromatic rings. The summed E-state index contributed by atoms with van der Waals surface area (Å²) in [5.74, 6) is 1.53. The molecule has 1 saturated heterocycles. The van der Waals surface area contributed by atoms with Gasteiger partial charge in [-0.2, -0.15) is 15.0 Å². The molecule has 28 heavy (non-hydrogen) atoms. The van der Waals surface area contributed by atoms with Crippen molar-refractivity contribution in [1.82, 2.24) is 34.7 Å². The fourth-order valence-corrected chi connectivity index (χ4v) is 3.54. The third-order valence-electron chi connectivity index (χ3n) is 5.04. The number of carbonyl (C=O) groups excluding carboxylic acids is 1. The fraction of sp³-hybridized carbons (Fsp3) is 0.389. The molecular weight excluding hydrogens is 380 g/mol. The predicted molar refractivity (Wildman–Crippen MR) is 105 cm³/mol. The third kappa shape index (κ3) is 3.57. The van der Waals surface area contributed by atoms with E-state index in [2.05, 4.69) is 25.3 Å². The van der Waals surface area contributed by atoms with Crippen molar-refractivity contribution in [3.63, 3.8) is 0 Å². The van der Waals surface area contributed by atoms with E-state index >= 15 is 0 Å². The van der Waals surface area contributed by atoms with Crippen LogP contribution >= 0.6 is 11.6 Å². The highest BCUT2D eigenvalue weighted by molar-refractivity contribution is 6.30. The van der Waals surface area contributed by atoms with Gasteiger partial charge < -0.3 is 9.80 Å². The first-order valence-corrected chi connectivity index (χ1v) is 9.43. The van der Waals surface area contributed by atoms with Gasteiger partial charge >= 0.3 is 0 Å². The van der Waals surface area contributed by atoms with Crippen LogP contribution in [0.4, 0.5) is 5.95 Å². The van der Waals surface area contributed by atoms with Crippen LogP contribution in [0.3, 0.4) is 0 Å². The van der Waals surface area contributed by atoms with Crippen LogP contribution in [0.25, 0.3) is 5.69 Å². The number of carbonyl (C=O) groups is 1.